The number of likely N-dealkylation sites (N-methyl/N-ethyl adjacent to an activating group) is 1. The van der Waals surface area contributed by atoms with Gasteiger partial charge in [0.1, 0.15) is 5.75 Å². The van der Waals surface area contributed by atoms with E-state index in [2.05, 4.69) is 22.4 Å². The quantitative estimate of drug-likeness (QED) is 0.708. The molecule has 0 amide bonds. The molecule has 0 spiro atoms. The molecule has 1 aliphatic carbocycles. The van der Waals surface area contributed by atoms with Gasteiger partial charge in [-0.2, -0.15) is 0 Å². The van der Waals surface area contributed by atoms with Gasteiger partial charge in [-0.25, -0.2) is 0 Å². The fourth-order valence-electron chi connectivity index (χ4n) is 3.62. The van der Waals surface area contributed by atoms with Gasteiger partial charge in [-0.15, -0.1) is 0 Å². The van der Waals surface area contributed by atoms with Crippen LogP contribution in [0.5, 0.6) is 5.75 Å². The summed E-state index contributed by atoms with van der Waals surface area (Å²) in [5, 5.41) is 12.6. The van der Waals surface area contributed by atoms with Crippen molar-refractivity contribution in [1.82, 2.24) is 15.2 Å². The summed E-state index contributed by atoms with van der Waals surface area (Å²) in [6.45, 7) is 3.63. The van der Waals surface area contributed by atoms with E-state index in [9.17, 15) is 4.79 Å². The van der Waals surface area contributed by atoms with Gasteiger partial charge >= 0.3 is 5.97 Å². The minimum atomic E-state index is -0.758. The zero-order chi connectivity index (χ0) is 19.2. The van der Waals surface area contributed by atoms with Gasteiger partial charge in [0.05, 0.1) is 13.7 Å². The third-order valence-corrected chi connectivity index (χ3v) is 5.25. The maximum absolute atomic E-state index is 10.9. The second-order valence-electron chi connectivity index (χ2n) is 6.92. The van der Waals surface area contributed by atoms with E-state index in [-0.39, 0.29) is 6.54 Å². The predicted octanol–water partition coefficient (Wildman–Crippen LogP) is 2.78. The van der Waals surface area contributed by atoms with Crippen molar-refractivity contribution in [3.8, 4) is 16.9 Å². The van der Waals surface area contributed by atoms with Crippen LogP contribution in [0.3, 0.4) is 0 Å². The normalized spacial score (nSPS) is 18.9. The van der Waals surface area contributed by atoms with Crippen LogP contribution in [-0.2, 0) is 11.3 Å². The molecule has 1 heterocycles. The number of rotatable bonds is 9. The number of hydrogen-bond acceptors (Lipinski definition) is 5. The molecule has 0 bridgehead atoms. The molecule has 0 atom stereocenters. The van der Waals surface area contributed by atoms with Crippen LogP contribution < -0.4 is 10.1 Å². The summed E-state index contributed by atoms with van der Waals surface area (Å²) in [7, 11) is 1.69. The zero-order valence-electron chi connectivity index (χ0n) is 15.9. The highest BCUT2D eigenvalue weighted by Crippen LogP contribution is 2.29. The molecule has 1 aromatic heterocycles. The first-order chi connectivity index (χ1) is 13.1. The Morgan fingerprint density at radius 2 is 2.00 bits per heavy atom. The number of pyridine rings is 1. The molecule has 2 N–H and O–H groups in total. The molecule has 1 saturated carbocycles. The van der Waals surface area contributed by atoms with Gasteiger partial charge in [-0.05, 0) is 54.8 Å². The van der Waals surface area contributed by atoms with Crippen molar-refractivity contribution >= 4 is 5.97 Å². The lowest BCUT2D eigenvalue weighted by molar-refractivity contribution is -0.139. The highest BCUT2D eigenvalue weighted by atomic mass is 16.5. The molecule has 3 rings (SSSR count). The molecule has 0 saturated heterocycles. The number of methoxy groups -OCH3 is 1. The zero-order valence-corrected chi connectivity index (χ0v) is 15.9. The average Bonchev–Trinajstić information content (AvgIpc) is 2.66. The largest absolute Gasteiger partial charge is 0.496 e. The van der Waals surface area contributed by atoms with Gasteiger partial charge in [0, 0.05) is 36.6 Å². The maximum Gasteiger partial charge on any atom is 0.317 e. The maximum atomic E-state index is 10.9. The summed E-state index contributed by atoms with van der Waals surface area (Å²) in [6, 6.07) is 11.0. The van der Waals surface area contributed by atoms with E-state index < -0.39 is 5.97 Å². The van der Waals surface area contributed by atoms with E-state index in [1.165, 1.54) is 0 Å². The number of carboxylic acid groups (broad SMARTS) is 1. The average molecular weight is 369 g/mol. The van der Waals surface area contributed by atoms with Crippen LogP contribution in [0, 0.1) is 0 Å². The van der Waals surface area contributed by atoms with Crippen LogP contribution in [0.4, 0.5) is 0 Å². The van der Waals surface area contributed by atoms with E-state index in [1.807, 2.05) is 30.0 Å². The lowest BCUT2D eigenvalue weighted by Crippen LogP contribution is -2.53. The molecular weight excluding hydrogens is 342 g/mol. The molecule has 6 heteroatoms. The first-order valence-corrected chi connectivity index (χ1v) is 9.37. The minimum Gasteiger partial charge on any atom is -0.496 e. The van der Waals surface area contributed by atoms with Crippen molar-refractivity contribution in [1.29, 1.82) is 0 Å². The van der Waals surface area contributed by atoms with E-state index >= 15 is 0 Å². The highest BCUT2D eigenvalue weighted by Gasteiger charge is 2.33. The third-order valence-electron chi connectivity index (χ3n) is 5.25. The molecule has 1 fully saturated rings. The molecule has 0 aliphatic heterocycles. The molecule has 0 unspecified atom stereocenters. The van der Waals surface area contributed by atoms with Crippen LogP contribution in [0.15, 0.2) is 42.7 Å². The number of carboxylic acids is 1. The van der Waals surface area contributed by atoms with Crippen molar-refractivity contribution in [2.24, 2.45) is 0 Å². The summed E-state index contributed by atoms with van der Waals surface area (Å²) >= 11 is 0. The fraction of sp³-hybridized carbons (Fsp3) is 0.429. The third kappa shape index (κ3) is 4.84. The van der Waals surface area contributed by atoms with Gasteiger partial charge in [0.2, 0.25) is 0 Å². The predicted molar refractivity (Wildman–Crippen MR) is 105 cm³/mol. The molecule has 1 aromatic carbocycles. The van der Waals surface area contributed by atoms with Gasteiger partial charge in [-0.1, -0.05) is 13.0 Å². The van der Waals surface area contributed by atoms with Crippen LogP contribution in [0.2, 0.25) is 0 Å². The second-order valence-corrected chi connectivity index (χ2v) is 6.92. The molecule has 27 heavy (non-hydrogen) atoms. The molecule has 6 nitrogen and oxygen atoms in total. The Morgan fingerprint density at radius 3 is 2.63 bits per heavy atom. The van der Waals surface area contributed by atoms with E-state index in [0.717, 1.165) is 48.4 Å². The number of nitrogens with zero attached hydrogens (tertiary/aromatic N) is 2. The van der Waals surface area contributed by atoms with Gasteiger partial charge in [-0.3, -0.25) is 14.7 Å². The number of ether oxygens (including phenoxy) is 1. The van der Waals surface area contributed by atoms with Crippen molar-refractivity contribution in [2.45, 2.75) is 38.4 Å². The number of hydrogen-bond donors (Lipinski definition) is 2. The Bertz CT molecular complexity index is 761. The minimum absolute atomic E-state index is 0.121. The van der Waals surface area contributed by atoms with Gasteiger partial charge in [0.25, 0.3) is 0 Å². The SMILES string of the molecule is CCN(CC(=O)O)C1CC(NCc2cc(-c3ccncc3)ccc2OC)C1. The van der Waals surface area contributed by atoms with E-state index in [0.29, 0.717) is 12.1 Å². The number of aliphatic carboxylic acids is 1. The lowest BCUT2D eigenvalue weighted by atomic mass is 9.85. The van der Waals surface area contributed by atoms with Crippen LogP contribution in [-0.4, -0.2) is 53.2 Å². The van der Waals surface area contributed by atoms with E-state index in [1.54, 1.807) is 19.5 Å². The van der Waals surface area contributed by atoms with Crippen LogP contribution >= 0.6 is 0 Å². The van der Waals surface area contributed by atoms with Gasteiger partial charge in [0.15, 0.2) is 0 Å². The van der Waals surface area contributed by atoms with Crippen molar-refractivity contribution < 1.29 is 14.6 Å². The Kier molecular flexibility index (Phi) is 6.42. The standard InChI is InChI=1S/C21H27N3O3/c1-3-24(14-21(25)26)19-11-18(12-19)23-13-17-10-16(4-5-20(17)27-2)15-6-8-22-9-7-15/h4-10,18-19,23H,3,11-14H2,1-2H3,(H,25,26). The summed E-state index contributed by atoms with van der Waals surface area (Å²) in [5.74, 6) is 0.114. The summed E-state index contributed by atoms with van der Waals surface area (Å²) in [4.78, 5) is 17.1. The van der Waals surface area contributed by atoms with Crippen molar-refractivity contribution in [3.63, 3.8) is 0 Å². The summed E-state index contributed by atoms with van der Waals surface area (Å²) < 4.78 is 5.51. The Balaban J connectivity index is 1.59. The number of aromatic nitrogens is 1. The lowest BCUT2D eigenvalue weighted by Gasteiger charge is -2.42. The van der Waals surface area contributed by atoms with Crippen LogP contribution in [0.25, 0.3) is 11.1 Å². The number of benzene rings is 1. The number of carbonyl (C=O) groups is 1. The Labute approximate surface area is 160 Å². The van der Waals surface area contributed by atoms with E-state index in [4.69, 9.17) is 9.84 Å². The fourth-order valence-corrected chi connectivity index (χ4v) is 3.62. The van der Waals surface area contributed by atoms with Crippen molar-refractivity contribution in [2.75, 3.05) is 20.2 Å². The Hall–Kier alpha value is -2.44. The summed E-state index contributed by atoms with van der Waals surface area (Å²) in [5.41, 5.74) is 3.39. The molecule has 0 radical (unpaired) electrons. The van der Waals surface area contributed by atoms with Gasteiger partial charge < -0.3 is 15.2 Å². The smallest absolute Gasteiger partial charge is 0.317 e. The monoisotopic (exact) mass is 369 g/mol. The highest BCUT2D eigenvalue weighted by molar-refractivity contribution is 5.69. The molecule has 144 valence electrons. The Morgan fingerprint density at radius 1 is 1.26 bits per heavy atom. The van der Waals surface area contributed by atoms with Crippen molar-refractivity contribution in [3.05, 3.63) is 48.3 Å². The second kappa shape index (κ2) is 8.97. The topological polar surface area (TPSA) is 74.7 Å². The first kappa shape index (κ1) is 19.3. The summed E-state index contributed by atoms with van der Waals surface area (Å²) in [6.07, 6.45) is 5.55. The number of nitrogens with one attached hydrogen (secondary N) is 1. The molecule has 2 aromatic rings. The molecule has 1 aliphatic rings. The first-order valence-electron chi connectivity index (χ1n) is 9.37. The molecular formula is C21H27N3O3. The van der Waals surface area contributed by atoms with Crippen LogP contribution in [0.1, 0.15) is 25.3 Å².